The van der Waals surface area contributed by atoms with Crippen molar-refractivity contribution in [3.63, 3.8) is 0 Å². The van der Waals surface area contributed by atoms with E-state index in [9.17, 15) is 16.8 Å². The molecule has 0 bridgehead atoms. The van der Waals surface area contributed by atoms with E-state index >= 15 is 0 Å². The summed E-state index contributed by atoms with van der Waals surface area (Å²) in [5.74, 6) is -0.275. The number of rotatable bonds is 7. The van der Waals surface area contributed by atoms with Crippen molar-refractivity contribution in [1.29, 1.82) is 0 Å². The minimum Gasteiger partial charge on any atom is -0.383 e. The molecule has 0 unspecified atom stereocenters. The van der Waals surface area contributed by atoms with Crippen LogP contribution in [0.2, 0.25) is 0 Å². The Labute approximate surface area is 113 Å². The summed E-state index contributed by atoms with van der Waals surface area (Å²) in [6.45, 7) is 1.99. The Kier molecular flexibility index (Phi) is 5.29. The van der Waals surface area contributed by atoms with Crippen LogP contribution in [-0.4, -0.2) is 35.7 Å². The van der Waals surface area contributed by atoms with Crippen molar-refractivity contribution in [3.05, 3.63) is 24.3 Å². The van der Waals surface area contributed by atoms with Gasteiger partial charge in [0.25, 0.3) is 0 Å². The molecule has 108 valence electrons. The van der Waals surface area contributed by atoms with Gasteiger partial charge in [0.2, 0.25) is 20.0 Å². The number of primary sulfonamides is 1. The average molecular weight is 307 g/mol. The highest BCUT2D eigenvalue weighted by Gasteiger charge is 2.16. The van der Waals surface area contributed by atoms with Crippen LogP contribution in [0.25, 0.3) is 0 Å². The van der Waals surface area contributed by atoms with Crippen LogP contribution in [0.5, 0.6) is 0 Å². The summed E-state index contributed by atoms with van der Waals surface area (Å²) in [5, 5.41) is 7.63. The molecule has 0 saturated heterocycles. The highest BCUT2D eigenvalue weighted by Crippen LogP contribution is 2.20. The van der Waals surface area contributed by atoms with Crippen LogP contribution in [0, 0.1) is 0 Å². The summed E-state index contributed by atoms with van der Waals surface area (Å²) in [4.78, 5) is 0.0752. The van der Waals surface area contributed by atoms with E-state index in [0.717, 1.165) is 0 Å². The maximum absolute atomic E-state index is 11.9. The number of hydrogen-bond acceptors (Lipinski definition) is 5. The Balaban J connectivity index is 2.91. The zero-order valence-electron chi connectivity index (χ0n) is 10.5. The van der Waals surface area contributed by atoms with Crippen LogP contribution in [0.4, 0.5) is 5.69 Å². The molecule has 7 nitrogen and oxygen atoms in total. The summed E-state index contributed by atoms with van der Waals surface area (Å²) >= 11 is 0. The predicted molar refractivity (Wildman–Crippen MR) is 73.8 cm³/mol. The van der Waals surface area contributed by atoms with Gasteiger partial charge in [-0.3, -0.25) is 0 Å². The molecule has 9 heteroatoms. The fourth-order valence-corrected chi connectivity index (χ4v) is 3.05. The van der Waals surface area contributed by atoms with Crippen molar-refractivity contribution in [2.45, 2.75) is 11.8 Å². The molecular formula is C10H17N3O4S2. The van der Waals surface area contributed by atoms with Gasteiger partial charge in [0.15, 0.2) is 0 Å². The van der Waals surface area contributed by atoms with E-state index in [0.29, 0.717) is 5.69 Å². The van der Waals surface area contributed by atoms with E-state index in [1.807, 2.05) is 0 Å². The molecule has 1 aromatic rings. The van der Waals surface area contributed by atoms with Crippen LogP contribution >= 0.6 is 0 Å². The molecule has 4 N–H and O–H groups in total. The fourth-order valence-electron chi connectivity index (χ4n) is 1.44. The molecule has 19 heavy (non-hydrogen) atoms. The predicted octanol–water partition coefficient (Wildman–Crippen LogP) is -0.315. The Hall–Kier alpha value is -1.16. The van der Waals surface area contributed by atoms with Crippen LogP contribution in [0.3, 0.4) is 0 Å². The smallest absolute Gasteiger partial charge is 0.242 e. The molecule has 0 fully saturated rings. The first-order valence-corrected chi connectivity index (χ1v) is 8.79. The quantitative estimate of drug-likeness (QED) is 0.638. The van der Waals surface area contributed by atoms with Gasteiger partial charge in [0.05, 0.1) is 11.4 Å². The van der Waals surface area contributed by atoms with Gasteiger partial charge in [0, 0.05) is 13.1 Å². The lowest BCUT2D eigenvalue weighted by Gasteiger charge is -2.12. The molecule has 1 rings (SSSR count). The normalized spacial score (nSPS) is 12.3. The van der Waals surface area contributed by atoms with Gasteiger partial charge in [0.1, 0.15) is 4.90 Å². The Bertz CT molecular complexity index is 626. The highest BCUT2D eigenvalue weighted by atomic mass is 32.2. The molecule has 0 aliphatic carbocycles. The van der Waals surface area contributed by atoms with Crippen molar-refractivity contribution >= 4 is 25.7 Å². The Morgan fingerprint density at radius 2 is 1.79 bits per heavy atom. The van der Waals surface area contributed by atoms with Gasteiger partial charge in [-0.2, -0.15) is 0 Å². The first-order chi connectivity index (χ1) is 8.76. The van der Waals surface area contributed by atoms with E-state index in [1.54, 1.807) is 25.1 Å². The van der Waals surface area contributed by atoms with Crippen LogP contribution in [0.15, 0.2) is 29.2 Å². The molecule has 1 aromatic carbocycles. The topological polar surface area (TPSA) is 118 Å². The van der Waals surface area contributed by atoms with Crippen molar-refractivity contribution in [1.82, 2.24) is 4.72 Å². The number of sulfonamides is 2. The van der Waals surface area contributed by atoms with E-state index in [1.165, 1.54) is 6.07 Å². The summed E-state index contributed by atoms with van der Waals surface area (Å²) in [5.41, 5.74) is 0.340. The number of para-hydroxylation sites is 1. The van der Waals surface area contributed by atoms with Gasteiger partial charge in [-0.05, 0) is 12.1 Å². The minimum atomic E-state index is -3.60. The largest absolute Gasteiger partial charge is 0.383 e. The van der Waals surface area contributed by atoms with Crippen LogP contribution in [0.1, 0.15) is 6.92 Å². The fraction of sp³-hybridized carbons (Fsp3) is 0.400. The second kappa shape index (κ2) is 6.33. The number of hydrogen-bond donors (Lipinski definition) is 3. The van der Waals surface area contributed by atoms with E-state index < -0.39 is 20.0 Å². The van der Waals surface area contributed by atoms with Gasteiger partial charge in [-0.15, -0.1) is 0 Å². The van der Waals surface area contributed by atoms with Crippen molar-refractivity contribution in [2.24, 2.45) is 5.14 Å². The second-order valence-corrected chi connectivity index (χ2v) is 7.26. The number of benzene rings is 1. The monoisotopic (exact) mass is 307 g/mol. The number of nitrogens with one attached hydrogen (secondary N) is 2. The van der Waals surface area contributed by atoms with Crippen molar-refractivity contribution in [3.8, 4) is 0 Å². The minimum absolute atomic E-state index is 0.0392. The summed E-state index contributed by atoms with van der Waals surface area (Å²) in [7, 11) is -7.18. The Morgan fingerprint density at radius 1 is 1.16 bits per heavy atom. The second-order valence-electron chi connectivity index (χ2n) is 3.79. The first kappa shape index (κ1) is 15.9. The van der Waals surface area contributed by atoms with Gasteiger partial charge < -0.3 is 5.32 Å². The van der Waals surface area contributed by atoms with E-state index in [-0.39, 0.29) is 23.7 Å². The van der Waals surface area contributed by atoms with Crippen molar-refractivity contribution < 1.29 is 16.8 Å². The van der Waals surface area contributed by atoms with E-state index in [2.05, 4.69) is 10.0 Å². The highest BCUT2D eigenvalue weighted by molar-refractivity contribution is 7.89. The van der Waals surface area contributed by atoms with Gasteiger partial charge in [-0.1, -0.05) is 19.1 Å². The summed E-state index contributed by atoms with van der Waals surface area (Å²) in [6, 6.07) is 6.25. The van der Waals surface area contributed by atoms with Crippen LogP contribution in [-0.2, 0) is 20.0 Å². The molecule has 0 aromatic heterocycles. The maximum Gasteiger partial charge on any atom is 0.242 e. The SMILES string of the molecule is CCNS(=O)(=O)c1ccccc1NCCS(N)(=O)=O. The molecule has 0 heterocycles. The third-order valence-corrected chi connectivity index (χ3v) is 4.59. The molecule has 0 radical (unpaired) electrons. The number of nitrogens with two attached hydrogens (primary N) is 1. The molecule has 0 spiro atoms. The summed E-state index contributed by atoms with van der Waals surface area (Å²) in [6.07, 6.45) is 0. The zero-order chi connectivity index (χ0) is 14.5. The number of anilines is 1. The lowest BCUT2D eigenvalue weighted by Crippen LogP contribution is -2.26. The third-order valence-electron chi connectivity index (χ3n) is 2.21. The molecule has 0 aliphatic heterocycles. The lowest BCUT2D eigenvalue weighted by molar-refractivity contribution is 0.584. The average Bonchev–Trinajstić information content (AvgIpc) is 2.27. The van der Waals surface area contributed by atoms with Crippen LogP contribution < -0.4 is 15.2 Å². The molecule has 0 atom stereocenters. The lowest BCUT2D eigenvalue weighted by atomic mass is 10.3. The first-order valence-electron chi connectivity index (χ1n) is 5.59. The van der Waals surface area contributed by atoms with E-state index in [4.69, 9.17) is 5.14 Å². The van der Waals surface area contributed by atoms with Crippen molar-refractivity contribution in [2.75, 3.05) is 24.2 Å². The van der Waals surface area contributed by atoms with Gasteiger partial charge >= 0.3 is 0 Å². The standard InChI is InChI=1S/C10H17N3O4S2/c1-2-13-19(16,17)10-6-4-3-5-9(10)12-7-8-18(11,14)15/h3-6,12-13H,2,7-8H2,1H3,(H2,11,14,15). The Morgan fingerprint density at radius 3 is 2.37 bits per heavy atom. The third kappa shape index (κ3) is 5.15. The van der Waals surface area contributed by atoms with Gasteiger partial charge in [-0.25, -0.2) is 26.7 Å². The summed E-state index contributed by atoms with van der Waals surface area (Å²) < 4.78 is 47.8. The zero-order valence-corrected chi connectivity index (χ0v) is 12.1. The molecular weight excluding hydrogens is 290 g/mol. The maximum atomic E-state index is 11.9. The molecule has 0 amide bonds. The molecule has 0 saturated carbocycles. The molecule has 0 aliphatic rings.